The van der Waals surface area contributed by atoms with E-state index >= 15 is 0 Å². The van der Waals surface area contributed by atoms with Gasteiger partial charge in [-0.1, -0.05) is 42.5 Å². The molecule has 2 amide bonds. The number of amides is 2. The number of rotatable bonds is 6. The van der Waals surface area contributed by atoms with E-state index in [-0.39, 0.29) is 48.3 Å². The van der Waals surface area contributed by atoms with Crippen LogP contribution in [0.1, 0.15) is 29.0 Å². The Morgan fingerprint density at radius 3 is 2.50 bits per heavy atom. The number of carbonyl (C=O) groups is 2. The zero-order chi connectivity index (χ0) is 28.9. The molecule has 0 aliphatic carbocycles. The summed E-state index contributed by atoms with van der Waals surface area (Å²) in [4.78, 5) is 25.9. The monoisotopic (exact) mass is 554 g/mol. The van der Waals surface area contributed by atoms with Gasteiger partial charge < -0.3 is 20.3 Å². The summed E-state index contributed by atoms with van der Waals surface area (Å²) in [5, 5.41) is 14.6. The van der Waals surface area contributed by atoms with Gasteiger partial charge in [0.25, 0.3) is 0 Å². The molecule has 0 aromatic heterocycles. The van der Waals surface area contributed by atoms with E-state index in [2.05, 4.69) is 15.4 Å². The number of carbonyl (C=O) groups excluding carboxylic acids is 2. The molecule has 40 heavy (non-hydrogen) atoms. The number of hydrogen-bond donors (Lipinski definition) is 2. The Balaban J connectivity index is 1.62. The molecule has 1 saturated heterocycles. The maximum Gasteiger partial charge on any atom is 0.573 e. The van der Waals surface area contributed by atoms with Crippen LogP contribution in [0.2, 0.25) is 0 Å². The molecule has 0 spiro atoms. The van der Waals surface area contributed by atoms with Crippen molar-refractivity contribution in [3.8, 4) is 22.9 Å². The van der Waals surface area contributed by atoms with Crippen molar-refractivity contribution < 1.29 is 31.9 Å². The SMILES string of the molecule is CNC(=O)C(=O)N1CC[C@H](NCc2cc(-c3ccc(C#N)cc3F)ccc2OC(F)(F)F)[C@H](c2ccccc2)C1. The van der Waals surface area contributed by atoms with Crippen LogP contribution in [-0.4, -0.2) is 49.3 Å². The topological polar surface area (TPSA) is 94.5 Å². The molecule has 1 heterocycles. The number of likely N-dealkylation sites (tertiary alicyclic amines) is 1. The second-order valence-corrected chi connectivity index (χ2v) is 9.30. The second kappa shape index (κ2) is 12.2. The Kier molecular flexibility index (Phi) is 8.70. The van der Waals surface area contributed by atoms with Crippen molar-refractivity contribution in [1.29, 1.82) is 5.26 Å². The van der Waals surface area contributed by atoms with Crippen molar-refractivity contribution in [2.45, 2.75) is 31.3 Å². The smallest absolute Gasteiger partial charge is 0.405 e. The van der Waals surface area contributed by atoms with Gasteiger partial charge in [-0.05, 0) is 41.8 Å². The molecule has 3 aromatic rings. The van der Waals surface area contributed by atoms with E-state index in [4.69, 9.17) is 5.26 Å². The van der Waals surface area contributed by atoms with E-state index in [9.17, 15) is 27.2 Å². The van der Waals surface area contributed by atoms with Crippen LogP contribution in [-0.2, 0) is 16.1 Å². The summed E-state index contributed by atoms with van der Waals surface area (Å²) >= 11 is 0. The van der Waals surface area contributed by atoms with Gasteiger partial charge in [-0.3, -0.25) is 9.59 Å². The number of likely N-dealkylation sites (N-methyl/N-ethyl adjacent to an activating group) is 1. The number of nitriles is 1. The first kappa shape index (κ1) is 28.6. The lowest BCUT2D eigenvalue weighted by Crippen LogP contribution is -2.52. The van der Waals surface area contributed by atoms with Crippen LogP contribution >= 0.6 is 0 Å². The second-order valence-electron chi connectivity index (χ2n) is 9.30. The standard InChI is InChI=1S/C29H26F4N4O3/c1-35-27(38)28(39)37-12-11-25(23(17-37)19-5-3-2-4-6-19)36-16-21-14-20(8-10-26(21)40-29(31,32)33)22-9-7-18(15-34)13-24(22)30/h2-10,13-14,23,25,36H,11-12,16-17H2,1H3,(H,35,38)/t23-,25-/m0/s1. The predicted molar refractivity (Wildman–Crippen MR) is 138 cm³/mol. The van der Waals surface area contributed by atoms with Crippen LogP contribution in [0, 0.1) is 17.1 Å². The largest absolute Gasteiger partial charge is 0.573 e. The van der Waals surface area contributed by atoms with Gasteiger partial charge in [0.2, 0.25) is 0 Å². The third kappa shape index (κ3) is 6.76. The van der Waals surface area contributed by atoms with Gasteiger partial charge in [-0.25, -0.2) is 4.39 Å². The number of halogens is 4. The van der Waals surface area contributed by atoms with Crippen LogP contribution in [0.4, 0.5) is 17.6 Å². The van der Waals surface area contributed by atoms with Gasteiger partial charge in [0.15, 0.2) is 0 Å². The fraction of sp³-hybridized carbons (Fsp3) is 0.276. The van der Waals surface area contributed by atoms with Crippen molar-refractivity contribution in [2.24, 2.45) is 0 Å². The predicted octanol–water partition coefficient (Wildman–Crippen LogP) is 4.48. The molecule has 0 bridgehead atoms. The lowest BCUT2D eigenvalue weighted by atomic mass is 9.85. The third-order valence-electron chi connectivity index (χ3n) is 6.80. The first-order valence-corrected chi connectivity index (χ1v) is 12.5. The molecule has 0 saturated carbocycles. The minimum absolute atomic E-state index is 0.0471. The van der Waals surface area contributed by atoms with E-state index in [0.29, 0.717) is 12.0 Å². The summed E-state index contributed by atoms with van der Waals surface area (Å²) in [6.07, 6.45) is -4.50. The summed E-state index contributed by atoms with van der Waals surface area (Å²) < 4.78 is 58.5. The number of alkyl halides is 3. The lowest BCUT2D eigenvalue weighted by molar-refractivity contribution is -0.274. The molecule has 3 aromatic carbocycles. The van der Waals surface area contributed by atoms with Crippen molar-refractivity contribution in [2.75, 3.05) is 20.1 Å². The zero-order valence-electron chi connectivity index (χ0n) is 21.5. The Morgan fingerprint density at radius 1 is 1.10 bits per heavy atom. The third-order valence-corrected chi connectivity index (χ3v) is 6.80. The average molecular weight is 555 g/mol. The van der Waals surface area contributed by atoms with E-state index in [0.717, 1.165) is 17.7 Å². The van der Waals surface area contributed by atoms with Gasteiger partial charge in [-0.15, -0.1) is 13.2 Å². The van der Waals surface area contributed by atoms with Crippen molar-refractivity contribution in [3.05, 3.63) is 89.2 Å². The first-order chi connectivity index (χ1) is 19.1. The molecule has 208 valence electrons. The molecule has 0 radical (unpaired) electrons. The molecule has 1 aliphatic rings. The van der Waals surface area contributed by atoms with Gasteiger partial charge in [0.1, 0.15) is 11.6 Å². The molecule has 4 rings (SSSR count). The fourth-order valence-electron chi connectivity index (χ4n) is 4.84. The van der Waals surface area contributed by atoms with Crippen LogP contribution in [0.25, 0.3) is 11.1 Å². The van der Waals surface area contributed by atoms with E-state index in [1.54, 1.807) is 0 Å². The highest BCUT2D eigenvalue weighted by atomic mass is 19.4. The van der Waals surface area contributed by atoms with Gasteiger partial charge in [0, 0.05) is 49.8 Å². The molecule has 0 unspecified atom stereocenters. The van der Waals surface area contributed by atoms with Crippen LogP contribution in [0.3, 0.4) is 0 Å². The number of piperidine rings is 1. The number of hydrogen-bond acceptors (Lipinski definition) is 5. The highest BCUT2D eigenvalue weighted by Crippen LogP contribution is 2.33. The summed E-state index contributed by atoms with van der Waals surface area (Å²) in [5.74, 6) is -2.74. The van der Waals surface area contributed by atoms with E-state index < -0.39 is 29.7 Å². The maximum absolute atomic E-state index is 14.7. The summed E-state index contributed by atoms with van der Waals surface area (Å²) in [6.45, 7) is 0.459. The van der Waals surface area contributed by atoms with Gasteiger partial charge in [0.05, 0.1) is 11.6 Å². The van der Waals surface area contributed by atoms with E-state index in [1.807, 2.05) is 36.4 Å². The molecular weight excluding hydrogens is 528 g/mol. The summed E-state index contributed by atoms with van der Waals surface area (Å²) in [6, 6.07) is 18.7. The molecule has 7 nitrogen and oxygen atoms in total. The molecular formula is C29H26F4N4O3. The fourth-order valence-corrected chi connectivity index (χ4v) is 4.84. The Morgan fingerprint density at radius 2 is 1.85 bits per heavy atom. The summed E-state index contributed by atoms with van der Waals surface area (Å²) in [7, 11) is 1.38. The Labute approximate surface area is 228 Å². The molecule has 1 fully saturated rings. The number of nitrogens with zero attached hydrogens (tertiary/aromatic N) is 2. The van der Waals surface area contributed by atoms with Crippen molar-refractivity contribution in [1.82, 2.24) is 15.5 Å². The first-order valence-electron chi connectivity index (χ1n) is 12.5. The van der Waals surface area contributed by atoms with Gasteiger partial charge >= 0.3 is 18.2 Å². The minimum Gasteiger partial charge on any atom is -0.405 e. The van der Waals surface area contributed by atoms with Crippen molar-refractivity contribution in [3.63, 3.8) is 0 Å². The Hall–Kier alpha value is -4.43. The number of benzene rings is 3. The number of ether oxygens (including phenoxy) is 1. The van der Waals surface area contributed by atoms with Crippen LogP contribution in [0.15, 0.2) is 66.7 Å². The molecule has 1 aliphatic heterocycles. The highest BCUT2D eigenvalue weighted by molar-refractivity contribution is 6.34. The van der Waals surface area contributed by atoms with Crippen molar-refractivity contribution >= 4 is 11.8 Å². The minimum atomic E-state index is -4.94. The van der Waals surface area contributed by atoms with E-state index in [1.165, 1.54) is 36.2 Å². The maximum atomic E-state index is 14.7. The zero-order valence-corrected chi connectivity index (χ0v) is 21.5. The van der Waals surface area contributed by atoms with Gasteiger partial charge in [-0.2, -0.15) is 5.26 Å². The molecule has 2 N–H and O–H groups in total. The Bertz CT molecular complexity index is 1420. The quantitative estimate of drug-likeness (QED) is 0.346. The lowest BCUT2D eigenvalue weighted by Gasteiger charge is -2.39. The normalized spacial score (nSPS) is 17.1. The van der Waals surface area contributed by atoms with Crippen LogP contribution in [0.5, 0.6) is 5.75 Å². The number of nitrogens with one attached hydrogen (secondary N) is 2. The highest BCUT2D eigenvalue weighted by Gasteiger charge is 2.35. The molecule has 2 atom stereocenters. The average Bonchev–Trinajstić information content (AvgIpc) is 2.95. The summed E-state index contributed by atoms with van der Waals surface area (Å²) in [5.41, 5.74) is 1.61. The van der Waals surface area contributed by atoms with Crippen LogP contribution < -0.4 is 15.4 Å². The molecule has 11 heteroatoms.